The van der Waals surface area contributed by atoms with Crippen LogP contribution in [0.2, 0.25) is 0 Å². The van der Waals surface area contributed by atoms with E-state index in [1.165, 1.54) is 0 Å². The quantitative estimate of drug-likeness (QED) is 0.584. The molecule has 1 unspecified atom stereocenters. The van der Waals surface area contributed by atoms with Crippen molar-refractivity contribution in [3.63, 3.8) is 0 Å². The molecule has 0 heterocycles. The minimum Gasteiger partial charge on any atom is -0.493 e. The SMILES string of the molecule is CCOC(=O)CC(=O)NC(C)Cc1ccc(OC)c(OC)c1. The van der Waals surface area contributed by atoms with Gasteiger partial charge in [-0.2, -0.15) is 0 Å². The lowest BCUT2D eigenvalue weighted by molar-refractivity contribution is -0.146. The highest BCUT2D eigenvalue weighted by Crippen LogP contribution is 2.27. The average Bonchev–Trinajstić information content (AvgIpc) is 2.46. The number of hydrogen-bond acceptors (Lipinski definition) is 5. The zero-order valence-corrected chi connectivity index (χ0v) is 13.5. The molecule has 0 radical (unpaired) electrons. The fourth-order valence-electron chi connectivity index (χ4n) is 2.08. The molecule has 0 aliphatic heterocycles. The largest absolute Gasteiger partial charge is 0.493 e. The molecule has 0 aliphatic rings. The standard InChI is InChI=1S/C16H23NO5/c1-5-22-16(19)10-15(18)17-11(2)8-12-6-7-13(20-3)14(9-12)21-4/h6-7,9,11H,5,8,10H2,1-4H3,(H,17,18). The molecule has 0 bridgehead atoms. The highest BCUT2D eigenvalue weighted by molar-refractivity contribution is 5.94. The van der Waals surface area contributed by atoms with Gasteiger partial charge in [-0.15, -0.1) is 0 Å². The van der Waals surface area contributed by atoms with Crippen molar-refractivity contribution in [1.29, 1.82) is 0 Å². The van der Waals surface area contributed by atoms with Gasteiger partial charge in [-0.05, 0) is 38.0 Å². The highest BCUT2D eigenvalue weighted by atomic mass is 16.5. The lowest BCUT2D eigenvalue weighted by Gasteiger charge is -2.15. The third-order valence-corrected chi connectivity index (χ3v) is 3.01. The van der Waals surface area contributed by atoms with Crippen molar-refractivity contribution in [2.45, 2.75) is 32.7 Å². The van der Waals surface area contributed by atoms with Crippen molar-refractivity contribution in [3.8, 4) is 11.5 Å². The molecule has 1 amide bonds. The van der Waals surface area contributed by atoms with Crippen molar-refractivity contribution < 1.29 is 23.8 Å². The van der Waals surface area contributed by atoms with Gasteiger partial charge in [0.1, 0.15) is 6.42 Å². The maximum absolute atomic E-state index is 11.7. The first-order valence-electron chi connectivity index (χ1n) is 7.16. The van der Waals surface area contributed by atoms with E-state index >= 15 is 0 Å². The van der Waals surface area contributed by atoms with E-state index in [1.807, 2.05) is 25.1 Å². The number of amides is 1. The number of carbonyl (C=O) groups excluding carboxylic acids is 2. The normalized spacial score (nSPS) is 11.5. The summed E-state index contributed by atoms with van der Waals surface area (Å²) >= 11 is 0. The van der Waals surface area contributed by atoms with Gasteiger partial charge in [0.05, 0.1) is 20.8 Å². The summed E-state index contributed by atoms with van der Waals surface area (Å²) in [7, 11) is 3.15. The lowest BCUT2D eigenvalue weighted by Crippen LogP contribution is -2.35. The third-order valence-electron chi connectivity index (χ3n) is 3.01. The zero-order valence-electron chi connectivity index (χ0n) is 13.5. The second-order valence-electron chi connectivity index (χ2n) is 4.84. The van der Waals surface area contributed by atoms with Crippen LogP contribution in [0.25, 0.3) is 0 Å². The van der Waals surface area contributed by atoms with Crippen LogP contribution in [0.15, 0.2) is 18.2 Å². The molecule has 0 saturated heterocycles. The first-order chi connectivity index (χ1) is 10.5. The molecule has 22 heavy (non-hydrogen) atoms. The van der Waals surface area contributed by atoms with Crippen LogP contribution in [0, 0.1) is 0 Å². The Morgan fingerprint density at radius 1 is 1.18 bits per heavy atom. The molecule has 122 valence electrons. The number of hydrogen-bond donors (Lipinski definition) is 1. The van der Waals surface area contributed by atoms with E-state index < -0.39 is 5.97 Å². The van der Waals surface area contributed by atoms with E-state index in [1.54, 1.807) is 21.1 Å². The van der Waals surface area contributed by atoms with E-state index in [4.69, 9.17) is 14.2 Å². The van der Waals surface area contributed by atoms with Crippen LogP contribution in [-0.2, 0) is 20.7 Å². The molecule has 1 aromatic rings. The first kappa shape index (κ1) is 17.8. The van der Waals surface area contributed by atoms with Gasteiger partial charge in [0.25, 0.3) is 0 Å². The predicted octanol–water partition coefficient (Wildman–Crippen LogP) is 1.70. The summed E-state index contributed by atoms with van der Waals surface area (Å²) in [5.41, 5.74) is 1.00. The Balaban J connectivity index is 2.56. The molecule has 0 aliphatic carbocycles. The summed E-state index contributed by atoms with van der Waals surface area (Å²) in [6.07, 6.45) is 0.360. The number of benzene rings is 1. The van der Waals surface area contributed by atoms with Gasteiger partial charge in [-0.3, -0.25) is 9.59 Å². The summed E-state index contributed by atoms with van der Waals surface area (Å²) in [5.74, 6) is 0.444. The number of ether oxygens (including phenoxy) is 3. The Labute approximate surface area is 130 Å². The van der Waals surface area contributed by atoms with Crippen LogP contribution in [0.1, 0.15) is 25.8 Å². The predicted molar refractivity (Wildman–Crippen MR) is 82.1 cm³/mol. The fraction of sp³-hybridized carbons (Fsp3) is 0.500. The van der Waals surface area contributed by atoms with Crippen LogP contribution in [0.5, 0.6) is 11.5 Å². The zero-order chi connectivity index (χ0) is 16.5. The van der Waals surface area contributed by atoms with Crippen LogP contribution in [0.3, 0.4) is 0 Å². The van der Waals surface area contributed by atoms with Gasteiger partial charge in [0, 0.05) is 6.04 Å². The Morgan fingerprint density at radius 2 is 1.86 bits per heavy atom. The van der Waals surface area contributed by atoms with Gasteiger partial charge in [-0.25, -0.2) is 0 Å². The number of rotatable bonds is 8. The van der Waals surface area contributed by atoms with E-state index in [9.17, 15) is 9.59 Å². The number of methoxy groups -OCH3 is 2. The number of nitrogens with one attached hydrogen (secondary N) is 1. The van der Waals surface area contributed by atoms with Crippen LogP contribution < -0.4 is 14.8 Å². The summed E-state index contributed by atoms with van der Waals surface area (Å²) in [4.78, 5) is 22.9. The molecule has 1 N–H and O–H groups in total. The Bertz CT molecular complexity index is 515. The Hall–Kier alpha value is -2.24. The molecular formula is C16H23NO5. The second-order valence-corrected chi connectivity index (χ2v) is 4.84. The molecule has 0 fully saturated rings. The molecule has 1 aromatic carbocycles. The molecule has 6 heteroatoms. The molecule has 6 nitrogen and oxygen atoms in total. The van der Waals surface area contributed by atoms with Crippen LogP contribution in [-0.4, -0.2) is 38.7 Å². The number of esters is 1. The minimum atomic E-state index is -0.515. The maximum atomic E-state index is 11.7. The summed E-state index contributed by atoms with van der Waals surface area (Å²) < 4.78 is 15.2. The Morgan fingerprint density at radius 3 is 2.45 bits per heavy atom. The minimum absolute atomic E-state index is 0.111. The summed E-state index contributed by atoms with van der Waals surface area (Å²) in [5, 5.41) is 2.77. The first-order valence-corrected chi connectivity index (χ1v) is 7.16. The highest BCUT2D eigenvalue weighted by Gasteiger charge is 2.14. The Kier molecular flexibility index (Phi) is 7.22. The summed E-state index contributed by atoms with van der Waals surface area (Å²) in [6.45, 7) is 3.85. The lowest BCUT2D eigenvalue weighted by atomic mass is 10.1. The molecule has 1 rings (SSSR count). The van der Waals surface area contributed by atoms with Gasteiger partial charge in [-0.1, -0.05) is 6.07 Å². The van der Waals surface area contributed by atoms with Gasteiger partial charge < -0.3 is 19.5 Å². The van der Waals surface area contributed by atoms with E-state index in [-0.39, 0.29) is 25.0 Å². The maximum Gasteiger partial charge on any atom is 0.315 e. The van der Waals surface area contributed by atoms with Crippen molar-refractivity contribution in [2.24, 2.45) is 0 Å². The molecule has 1 atom stereocenters. The van der Waals surface area contributed by atoms with Crippen molar-refractivity contribution in [3.05, 3.63) is 23.8 Å². The van der Waals surface area contributed by atoms with E-state index in [2.05, 4.69) is 5.32 Å². The monoisotopic (exact) mass is 309 g/mol. The smallest absolute Gasteiger partial charge is 0.315 e. The third kappa shape index (κ3) is 5.63. The van der Waals surface area contributed by atoms with Crippen molar-refractivity contribution in [1.82, 2.24) is 5.32 Å². The van der Waals surface area contributed by atoms with E-state index in [0.717, 1.165) is 5.56 Å². The van der Waals surface area contributed by atoms with Gasteiger partial charge >= 0.3 is 5.97 Å². The van der Waals surface area contributed by atoms with Crippen LogP contribution in [0.4, 0.5) is 0 Å². The fourth-order valence-corrected chi connectivity index (χ4v) is 2.08. The molecule has 0 saturated carbocycles. The molecule has 0 spiro atoms. The molecule has 0 aromatic heterocycles. The average molecular weight is 309 g/mol. The van der Waals surface area contributed by atoms with Crippen LogP contribution >= 0.6 is 0 Å². The van der Waals surface area contributed by atoms with Gasteiger partial charge in [0.15, 0.2) is 11.5 Å². The second kappa shape index (κ2) is 8.92. The number of carbonyl (C=O) groups is 2. The summed E-state index contributed by atoms with van der Waals surface area (Å²) in [6, 6.07) is 5.49. The van der Waals surface area contributed by atoms with Crippen molar-refractivity contribution >= 4 is 11.9 Å². The van der Waals surface area contributed by atoms with E-state index in [0.29, 0.717) is 17.9 Å². The topological polar surface area (TPSA) is 73.9 Å². The van der Waals surface area contributed by atoms with Gasteiger partial charge in [0.2, 0.25) is 5.91 Å². The molecular weight excluding hydrogens is 286 g/mol. The van der Waals surface area contributed by atoms with Crippen molar-refractivity contribution in [2.75, 3.05) is 20.8 Å².